The fourth-order valence-corrected chi connectivity index (χ4v) is 2.51. The Morgan fingerprint density at radius 3 is 2.00 bits per heavy atom. The molecule has 1 N–H and O–H groups in total. The summed E-state index contributed by atoms with van der Waals surface area (Å²) in [6.07, 6.45) is 5.97. The van der Waals surface area contributed by atoms with Crippen LogP contribution in [0.2, 0.25) is 0 Å². The van der Waals surface area contributed by atoms with E-state index in [9.17, 15) is 9.59 Å². The van der Waals surface area contributed by atoms with E-state index >= 15 is 0 Å². The quantitative estimate of drug-likeness (QED) is 0.127. The van der Waals surface area contributed by atoms with E-state index in [2.05, 4.69) is 5.32 Å². The first kappa shape index (κ1) is 30.9. The maximum Gasteiger partial charge on any atom is 0.407 e. The second-order valence-corrected chi connectivity index (χ2v) is 7.32. The van der Waals surface area contributed by atoms with E-state index in [4.69, 9.17) is 40.0 Å². The standard InChI is InChI=1S/C22H42ClNO8/c1-2-3-12-31-21(25)8-13-28-16-18-30-19-20-32-22(26)24-10-14-29-17-15-27-11-7-5-4-6-9-23/h2-20H2,1H3,(H,24,26). The minimum absolute atomic E-state index is 0.148. The summed E-state index contributed by atoms with van der Waals surface area (Å²) in [5.41, 5.74) is 0. The van der Waals surface area contributed by atoms with Crippen molar-refractivity contribution >= 4 is 23.7 Å². The summed E-state index contributed by atoms with van der Waals surface area (Å²) in [7, 11) is 0. The number of amides is 1. The Kier molecular flexibility index (Phi) is 25.2. The normalized spacial score (nSPS) is 10.8. The lowest BCUT2D eigenvalue weighted by Gasteiger charge is -2.09. The molecule has 190 valence electrons. The number of halogens is 1. The van der Waals surface area contributed by atoms with E-state index in [0.717, 1.165) is 51.0 Å². The van der Waals surface area contributed by atoms with E-state index in [1.54, 1.807) is 0 Å². The molecule has 0 unspecified atom stereocenters. The molecule has 0 saturated carbocycles. The van der Waals surface area contributed by atoms with E-state index < -0.39 is 6.09 Å². The van der Waals surface area contributed by atoms with Crippen LogP contribution in [0.15, 0.2) is 0 Å². The molecule has 0 saturated heterocycles. The first-order chi connectivity index (χ1) is 15.7. The van der Waals surface area contributed by atoms with Crippen molar-refractivity contribution in [2.45, 2.75) is 51.9 Å². The Balaban J connectivity index is 3.22. The first-order valence-electron chi connectivity index (χ1n) is 11.6. The third-order valence-electron chi connectivity index (χ3n) is 4.10. The SMILES string of the molecule is CCCCOC(=O)CCOCCOCCOC(=O)NCCOCCOCCCCCCCl. The molecule has 32 heavy (non-hydrogen) atoms. The molecule has 0 aromatic heterocycles. The number of carbonyl (C=O) groups is 2. The van der Waals surface area contributed by atoms with Crippen molar-refractivity contribution in [3.63, 3.8) is 0 Å². The van der Waals surface area contributed by atoms with Crippen molar-refractivity contribution in [1.82, 2.24) is 5.32 Å². The molecule has 0 heterocycles. The van der Waals surface area contributed by atoms with Gasteiger partial charge in [-0.25, -0.2) is 4.79 Å². The second-order valence-electron chi connectivity index (χ2n) is 6.94. The van der Waals surface area contributed by atoms with Crippen LogP contribution in [0, 0.1) is 0 Å². The smallest absolute Gasteiger partial charge is 0.407 e. The molecule has 1 amide bonds. The molecule has 9 nitrogen and oxygen atoms in total. The average Bonchev–Trinajstić information content (AvgIpc) is 2.78. The van der Waals surface area contributed by atoms with Crippen molar-refractivity contribution in [2.75, 3.05) is 78.5 Å². The molecule has 0 rings (SSSR count). The van der Waals surface area contributed by atoms with Crippen LogP contribution in [0.3, 0.4) is 0 Å². The highest BCUT2D eigenvalue weighted by Crippen LogP contribution is 2.01. The predicted molar refractivity (Wildman–Crippen MR) is 122 cm³/mol. The number of esters is 1. The fraction of sp³-hybridized carbons (Fsp3) is 0.909. The molecule has 0 fully saturated rings. The number of nitrogens with one attached hydrogen (secondary N) is 1. The Hall–Kier alpha value is -1.13. The van der Waals surface area contributed by atoms with Crippen LogP contribution in [-0.4, -0.2) is 90.6 Å². The number of ether oxygens (including phenoxy) is 6. The lowest BCUT2D eigenvalue weighted by Crippen LogP contribution is -2.29. The Morgan fingerprint density at radius 2 is 1.28 bits per heavy atom. The minimum Gasteiger partial charge on any atom is -0.466 e. The highest BCUT2D eigenvalue weighted by atomic mass is 35.5. The molecule has 0 aromatic carbocycles. The van der Waals surface area contributed by atoms with Crippen molar-refractivity contribution < 1.29 is 38.0 Å². The topological polar surface area (TPSA) is 102 Å². The molecule has 0 aliphatic heterocycles. The van der Waals surface area contributed by atoms with Crippen molar-refractivity contribution in [3.05, 3.63) is 0 Å². The number of hydrogen-bond acceptors (Lipinski definition) is 8. The van der Waals surface area contributed by atoms with Gasteiger partial charge in [-0.15, -0.1) is 11.6 Å². The van der Waals surface area contributed by atoms with Crippen LogP contribution >= 0.6 is 11.6 Å². The number of alkyl carbamates (subject to hydrolysis) is 1. The van der Waals surface area contributed by atoms with Crippen LogP contribution in [0.25, 0.3) is 0 Å². The lowest BCUT2D eigenvalue weighted by molar-refractivity contribution is -0.145. The maximum atomic E-state index is 11.5. The zero-order chi connectivity index (χ0) is 23.5. The van der Waals surface area contributed by atoms with Crippen LogP contribution in [0.1, 0.15) is 51.9 Å². The van der Waals surface area contributed by atoms with Gasteiger partial charge in [-0.1, -0.05) is 26.2 Å². The van der Waals surface area contributed by atoms with Gasteiger partial charge in [0.05, 0.1) is 59.3 Å². The number of carbonyl (C=O) groups excluding carboxylic acids is 2. The molecule has 0 atom stereocenters. The minimum atomic E-state index is -0.511. The summed E-state index contributed by atoms with van der Waals surface area (Å²) in [5.74, 6) is 0.475. The Labute approximate surface area is 197 Å². The van der Waals surface area contributed by atoms with Crippen molar-refractivity contribution in [2.24, 2.45) is 0 Å². The predicted octanol–water partition coefficient (Wildman–Crippen LogP) is 3.31. The summed E-state index contributed by atoms with van der Waals surface area (Å²) < 4.78 is 31.4. The highest BCUT2D eigenvalue weighted by Gasteiger charge is 2.03. The number of rotatable bonds is 24. The van der Waals surface area contributed by atoms with E-state index in [-0.39, 0.29) is 25.6 Å². The molecule has 0 aliphatic rings. The third kappa shape index (κ3) is 25.1. The lowest BCUT2D eigenvalue weighted by atomic mass is 10.2. The second kappa shape index (κ2) is 26.1. The molecular formula is C22H42ClNO8. The first-order valence-corrected chi connectivity index (χ1v) is 12.2. The summed E-state index contributed by atoms with van der Waals surface area (Å²) >= 11 is 5.62. The van der Waals surface area contributed by atoms with Crippen molar-refractivity contribution in [3.8, 4) is 0 Å². The summed E-state index contributed by atoms with van der Waals surface area (Å²) in [5, 5.41) is 2.60. The van der Waals surface area contributed by atoms with E-state index in [1.807, 2.05) is 6.92 Å². The van der Waals surface area contributed by atoms with Gasteiger partial charge in [0, 0.05) is 19.0 Å². The molecule has 0 spiro atoms. The average molecular weight is 484 g/mol. The maximum absolute atomic E-state index is 11.5. The van der Waals surface area contributed by atoms with Crippen LogP contribution in [0.5, 0.6) is 0 Å². The molecular weight excluding hydrogens is 442 g/mol. The van der Waals surface area contributed by atoms with Crippen molar-refractivity contribution in [1.29, 1.82) is 0 Å². The monoisotopic (exact) mass is 483 g/mol. The van der Waals surface area contributed by atoms with E-state index in [1.165, 1.54) is 0 Å². The van der Waals surface area contributed by atoms with Gasteiger partial charge in [0.1, 0.15) is 6.61 Å². The Bertz CT molecular complexity index is 429. The molecule has 0 bridgehead atoms. The fourth-order valence-electron chi connectivity index (χ4n) is 2.32. The molecule has 0 aromatic rings. The van der Waals surface area contributed by atoms with Crippen LogP contribution < -0.4 is 5.32 Å². The van der Waals surface area contributed by atoms with Crippen LogP contribution in [-0.2, 0) is 33.2 Å². The molecule has 0 radical (unpaired) electrons. The summed E-state index contributed by atoms with van der Waals surface area (Å²) in [6, 6.07) is 0. The van der Waals surface area contributed by atoms with Gasteiger partial charge in [0.25, 0.3) is 0 Å². The Morgan fingerprint density at radius 1 is 0.656 bits per heavy atom. The van der Waals surface area contributed by atoms with Gasteiger partial charge >= 0.3 is 12.1 Å². The van der Waals surface area contributed by atoms with Gasteiger partial charge in [0.15, 0.2) is 0 Å². The highest BCUT2D eigenvalue weighted by molar-refractivity contribution is 6.17. The van der Waals surface area contributed by atoms with Gasteiger partial charge < -0.3 is 33.7 Å². The van der Waals surface area contributed by atoms with Gasteiger partial charge in [-0.05, 0) is 19.3 Å². The zero-order valence-corrected chi connectivity index (χ0v) is 20.3. The molecule has 10 heteroatoms. The third-order valence-corrected chi connectivity index (χ3v) is 4.37. The van der Waals surface area contributed by atoms with Gasteiger partial charge in [0.2, 0.25) is 0 Å². The largest absolute Gasteiger partial charge is 0.466 e. The summed E-state index contributed by atoms with van der Waals surface area (Å²) in [4.78, 5) is 22.9. The zero-order valence-electron chi connectivity index (χ0n) is 19.6. The molecule has 0 aliphatic carbocycles. The van der Waals surface area contributed by atoms with Gasteiger partial charge in [-0.2, -0.15) is 0 Å². The number of alkyl halides is 1. The van der Waals surface area contributed by atoms with E-state index in [0.29, 0.717) is 52.8 Å². The van der Waals surface area contributed by atoms with Crippen LogP contribution in [0.4, 0.5) is 4.79 Å². The van der Waals surface area contributed by atoms with Gasteiger partial charge in [-0.3, -0.25) is 4.79 Å². The summed E-state index contributed by atoms with van der Waals surface area (Å²) in [6.45, 7) is 6.49. The number of unbranched alkanes of at least 4 members (excludes halogenated alkanes) is 4. The number of hydrogen-bond donors (Lipinski definition) is 1.